The van der Waals surface area contributed by atoms with Gasteiger partial charge in [-0.2, -0.15) is 0 Å². The molecular formula is C13H24N2S. The van der Waals surface area contributed by atoms with Crippen LogP contribution in [0.15, 0.2) is 4.99 Å². The molecule has 0 bridgehead atoms. The van der Waals surface area contributed by atoms with E-state index in [1.165, 1.54) is 36.6 Å². The second-order valence-electron chi connectivity index (χ2n) is 6.44. The van der Waals surface area contributed by atoms with E-state index < -0.39 is 0 Å². The zero-order valence-electron chi connectivity index (χ0n) is 11.0. The molecule has 1 unspecified atom stereocenters. The molecule has 1 saturated heterocycles. The minimum atomic E-state index is 0.229. The number of hydrogen-bond acceptors (Lipinski definition) is 2. The zero-order valence-corrected chi connectivity index (χ0v) is 11.8. The van der Waals surface area contributed by atoms with Crippen molar-refractivity contribution < 1.29 is 0 Å². The fourth-order valence-corrected chi connectivity index (χ4v) is 3.91. The van der Waals surface area contributed by atoms with Crippen molar-refractivity contribution in [1.29, 1.82) is 0 Å². The Hall–Kier alpha value is -0.180. The highest BCUT2D eigenvalue weighted by molar-refractivity contribution is 8.13. The fourth-order valence-electron chi connectivity index (χ4n) is 2.55. The van der Waals surface area contributed by atoms with Crippen LogP contribution in [0.4, 0.5) is 0 Å². The van der Waals surface area contributed by atoms with E-state index in [-0.39, 0.29) is 5.54 Å². The van der Waals surface area contributed by atoms with Crippen molar-refractivity contribution in [3.63, 3.8) is 0 Å². The third-order valence-electron chi connectivity index (χ3n) is 3.89. The normalized spacial score (nSPS) is 35.0. The van der Waals surface area contributed by atoms with Gasteiger partial charge in [-0.1, -0.05) is 32.0 Å². The summed E-state index contributed by atoms with van der Waals surface area (Å²) in [5.41, 5.74) is 0.629. The molecular weight excluding hydrogens is 216 g/mol. The Kier molecular flexibility index (Phi) is 3.26. The minimum absolute atomic E-state index is 0.229. The van der Waals surface area contributed by atoms with Crippen LogP contribution in [0.25, 0.3) is 0 Å². The molecule has 1 saturated carbocycles. The van der Waals surface area contributed by atoms with E-state index in [1.807, 2.05) is 11.8 Å². The van der Waals surface area contributed by atoms with Gasteiger partial charge < -0.3 is 5.32 Å². The van der Waals surface area contributed by atoms with Crippen LogP contribution in [0.1, 0.15) is 53.4 Å². The highest BCUT2D eigenvalue weighted by atomic mass is 32.2. The average Bonchev–Trinajstić information content (AvgIpc) is 2.44. The molecule has 1 N–H and O–H groups in total. The van der Waals surface area contributed by atoms with Crippen molar-refractivity contribution in [1.82, 2.24) is 5.32 Å². The third kappa shape index (κ3) is 2.73. The van der Waals surface area contributed by atoms with Crippen LogP contribution < -0.4 is 5.32 Å². The summed E-state index contributed by atoms with van der Waals surface area (Å²) in [4.78, 5) is 4.95. The molecule has 0 spiro atoms. The molecule has 2 aliphatic rings. The first kappa shape index (κ1) is 12.3. The number of thioether (sulfide) groups is 1. The van der Waals surface area contributed by atoms with Gasteiger partial charge in [0.15, 0.2) is 5.17 Å². The van der Waals surface area contributed by atoms with Gasteiger partial charge in [0.25, 0.3) is 0 Å². The van der Waals surface area contributed by atoms with Crippen molar-refractivity contribution in [2.75, 3.05) is 5.75 Å². The Labute approximate surface area is 104 Å². The fraction of sp³-hybridized carbons (Fsp3) is 0.923. The van der Waals surface area contributed by atoms with Crippen LogP contribution in [0.5, 0.6) is 0 Å². The molecule has 0 aromatic carbocycles. The third-order valence-corrected chi connectivity index (χ3v) is 4.77. The van der Waals surface area contributed by atoms with Gasteiger partial charge in [0, 0.05) is 11.3 Å². The largest absolute Gasteiger partial charge is 0.360 e. The highest BCUT2D eigenvalue weighted by Crippen LogP contribution is 2.40. The van der Waals surface area contributed by atoms with Crippen LogP contribution in [0.2, 0.25) is 0 Å². The second kappa shape index (κ2) is 4.25. The predicted molar refractivity (Wildman–Crippen MR) is 73.1 cm³/mol. The number of amidine groups is 1. The van der Waals surface area contributed by atoms with E-state index in [9.17, 15) is 0 Å². The van der Waals surface area contributed by atoms with Crippen LogP contribution in [-0.4, -0.2) is 22.5 Å². The van der Waals surface area contributed by atoms with Gasteiger partial charge in [0.05, 0.1) is 6.04 Å². The van der Waals surface area contributed by atoms with Crippen molar-refractivity contribution in [2.45, 2.75) is 65.0 Å². The smallest absolute Gasteiger partial charge is 0.157 e. The molecule has 2 fully saturated rings. The number of nitrogens with one attached hydrogen (secondary N) is 1. The first-order valence-electron chi connectivity index (χ1n) is 6.38. The van der Waals surface area contributed by atoms with Crippen molar-refractivity contribution in [2.24, 2.45) is 10.4 Å². The van der Waals surface area contributed by atoms with Gasteiger partial charge in [-0.3, -0.25) is 4.99 Å². The minimum Gasteiger partial charge on any atom is -0.360 e. The van der Waals surface area contributed by atoms with Crippen molar-refractivity contribution in [3.8, 4) is 0 Å². The molecule has 0 radical (unpaired) electrons. The maximum atomic E-state index is 4.95. The summed E-state index contributed by atoms with van der Waals surface area (Å²) in [6, 6.07) is 0.524. The SMILES string of the molecule is CC1(C)CCSC(=NC2CCCC2(C)C)N1. The van der Waals surface area contributed by atoms with E-state index in [2.05, 4.69) is 33.0 Å². The van der Waals surface area contributed by atoms with Crippen molar-refractivity contribution in [3.05, 3.63) is 0 Å². The molecule has 0 amide bonds. The Morgan fingerprint density at radius 2 is 2.00 bits per heavy atom. The van der Waals surface area contributed by atoms with Crippen LogP contribution in [-0.2, 0) is 0 Å². The average molecular weight is 240 g/mol. The summed E-state index contributed by atoms with van der Waals surface area (Å²) in [5, 5.41) is 4.75. The van der Waals surface area contributed by atoms with Gasteiger partial charge in [0.2, 0.25) is 0 Å². The predicted octanol–water partition coefficient (Wildman–Crippen LogP) is 3.43. The quantitative estimate of drug-likeness (QED) is 0.759. The number of aliphatic imine (C=N–C) groups is 1. The molecule has 0 aromatic heterocycles. The van der Waals surface area contributed by atoms with E-state index in [0.717, 1.165) is 0 Å². The lowest BCUT2D eigenvalue weighted by atomic mass is 9.88. The van der Waals surface area contributed by atoms with E-state index in [1.54, 1.807) is 0 Å². The van der Waals surface area contributed by atoms with Gasteiger partial charge >= 0.3 is 0 Å². The monoisotopic (exact) mass is 240 g/mol. The Morgan fingerprint density at radius 3 is 2.56 bits per heavy atom. The molecule has 2 nitrogen and oxygen atoms in total. The molecule has 2 rings (SSSR count). The molecule has 0 aromatic rings. The van der Waals surface area contributed by atoms with E-state index in [4.69, 9.17) is 4.99 Å². The van der Waals surface area contributed by atoms with Crippen LogP contribution in [0.3, 0.4) is 0 Å². The van der Waals surface area contributed by atoms with E-state index >= 15 is 0 Å². The number of nitrogens with zero attached hydrogens (tertiary/aromatic N) is 1. The van der Waals surface area contributed by atoms with Crippen molar-refractivity contribution >= 4 is 16.9 Å². The molecule has 3 heteroatoms. The first-order chi connectivity index (χ1) is 7.39. The lowest BCUT2D eigenvalue weighted by molar-refractivity contribution is 0.333. The van der Waals surface area contributed by atoms with Gasteiger partial charge in [-0.05, 0) is 38.5 Å². The molecule has 1 aliphatic heterocycles. The topological polar surface area (TPSA) is 24.4 Å². The molecule has 1 aliphatic carbocycles. The van der Waals surface area contributed by atoms with Gasteiger partial charge in [-0.25, -0.2) is 0 Å². The van der Waals surface area contributed by atoms with Crippen LogP contribution >= 0.6 is 11.8 Å². The summed E-state index contributed by atoms with van der Waals surface area (Å²) >= 11 is 1.89. The summed E-state index contributed by atoms with van der Waals surface area (Å²) < 4.78 is 0. The lowest BCUT2D eigenvalue weighted by Gasteiger charge is -2.34. The summed E-state index contributed by atoms with van der Waals surface area (Å²) in [7, 11) is 0. The van der Waals surface area contributed by atoms with Crippen LogP contribution in [0, 0.1) is 5.41 Å². The molecule has 1 atom stereocenters. The molecule has 16 heavy (non-hydrogen) atoms. The highest BCUT2D eigenvalue weighted by Gasteiger charge is 2.35. The summed E-state index contributed by atoms with van der Waals surface area (Å²) in [6.45, 7) is 9.24. The Balaban J connectivity index is 2.06. The van der Waals surface area contributed by atoms with E-state index in [0.29, 0.717) is 11.5 Å². The number of rotatable bonds is 1. The summed E-state index contributed by atoms with van der Waals surface area (Å²) in [6.07, 6.45) is 5.15. The van der Waals surface area contributed by atoms with Gasteiger partial charge in [-0.15, -0.1) is 0 Å². The first-order valence-corrected chi connectivity index (χ1v) is 7.36. The zero-order chi connectivity index (χ0) is 11.8. The number of hydrogen-bond donors (Lipinski definition) is 1. The lowest BCUT2D eigenvalue weighted by Crippen LogP contribution is -2.46. The maximum absolute atomic E-state index is 4.95. The maximum Gasteiger partial charge on any atom is 0.157 e. The standard InChI is InChI=1S/C13H24N2S/c1-12(2)7-5-6-10(12)14-11-15-13(3,4)8-9-16-11/h10H,5-9H2,1-4H3,(H,14,15). The summed E-state index contributed by atoms with van der Waals surface area (Å²) in [5.74, 6) is 1.20. The Morgan fingerprint density at radius 1 is 1.25 bits per heavy atom. The Bertz CT molecular complexity index is 294. The van der Waals surface area contributed by atoms with Gasteiger partial charge in [0.1, 0.15) is 0 Å². The molecule has 92 valence electrons. The molecule has 1 heterocycles. The second-order valence-corrected chi connectivity index (χ2v) is 7.52.